The molecular formula is C19H24ClFN4. The summed E-state index contributed by atoms with van der Waals surface area (Å²) in [6.45, 7) is 7.24. The Labute approximate surface area is 153 Å². The van der Waals surface area contributed by atoms with Crippen LogP contribution in [0.1, 0.15) is 30.8 Å². The molecule has 0 saturated heterocycles. The minimum Gasteiger partial charge on any atom is -0.356 e. The molecule has 0 fully saturated rings. The van der Waals surface area contributed by atoms with E-state index < -0.39 is 0 Å². The third-order valence-corrected chi connectivity index (χ3v) is 4.28. The molecule has 2 rings (SSSR count). The molecule has 0 aliphatic rings. The fraction of sp³-hybridized carbons (Fsp3) is 0.368. The van der Waals surface area contributed by atoms with Gasteiger partial charge in [-0.15, -0.1) is 0 Å². The first-order valence-corrected chi connectivity index (χ1v) is 8.52. The summed E-state index contributed by atoms with van der Waals surface area (Å²) < 4.78 is 13.3. The number of guanidine groups is 1. The lowest BCUT2D eigenvalue weighted by Gasteiger charge is -2.27. The topological polar surface area (TPSA) is 49.3 Å². The third-order valence-electron chi connectivity index (χ3n) is 3.96. The van der Waals surface area contributed by atoms with Crippen molar-refractivity contribution in [3.8, 4) is 0 Å². The van der Waals surface area contributed by atoms with Gasteiger partial charge in [-0.25, -0.2) is 4.39 Å². The normalized spacial score (nSPS) is 12.2. The number of pyridine rings is 1. The van der Waals surface area contributed by atoms with Crippen molar-refractivity contribution in [2.24, 2.45) is 4.99 Å². The molecule has 0 aliphatic carbocycles. The summed E-state index contributed by atoms with van der Waals surface area (Å²) >= 11 is 6.20. The Bertz CT molecular complexity index is 759. The summed E-state index contributed by atoms with van der Waals surface area (Å²) in [5.74, 6) is 0.343. The number of hydrogen-bond acceptors (Lipinski definition) is 2. The first-order chi connectivity index (χ1) is 11.8. The van der Waals surface area contributed by atoms with E-state index in [0.29, 0.717) is 24.1 Å². The van der Waals surface area contributed by atoms with Crippen LogP contribution in [0.4, 0.5) is 4.39 Å². The van der Waals surface area contributed by atoms with E-state index in [9.17, 15) is 4.39 Å². The van der Waals surface area contributed by atoms with Crippen LogP contribution >= 0.6 is 11.6 Å². The number of aliphatic imine (C=N–C) groups is 1. The zero-order valence-corrected chi connectivity index (χ0v) is 15.8. The summed E-state index contributed by atoms with van der Waals surface area (Å²) in [5, 5.41) is 6.97. The number of benzene rings is 1. The third kappa shape index (κ3) is 5.43. The van der Waals surface area contributed by atoms with Gasteiger partial charge in [-0.3, -0.25) is 9.98 Å². The van der Waals surface area contributed by atoms with E-state index in [0.717, 1.165) is 17.0 Å². The van der Waals surface area contributed by atoms with Crippen LogP contribution in [0, 0.1) is 12.7 Å². The molecule has 0 radical (unpaired) electrons. The van der Waals surface area contributed by atoms with Crippen molar-refractivity contribution in [3.63, 3.8) is 0 Å². The molecule has 0 spiro atoms. The van der Waals surface area contributed by atoms with Crippen LogP contribution in [0.15, 0.2) is 41.4 Å². The van der Waals surface area contributed by atoms with Crippen LogP contribution in [-0.4, -0.2) is 24.5 Å². The highest BCUT2D eigenvalue weighted by atomic mass is 35.5. The second-order valence-electron chi connectivity index (χ2n) is 6.56. The summed E-state index contributed by atoms with van der Waals surface area (Å²) in [7, 11) is 1.72. The van der Waals surface area contributed by atoms with E-state index in [1.54, 1.807) is 13.1 Å². The predicted octanol–water partition coefficient (Wildman–Crippen LogP) is 3.83. The van der Waals surface area contributed by atoms with Crippen molar-refractivity contribution in [3.05, 3.63) is 64.2 Å². The molecule has 1 aromatic carbocycles. The number of hydrogen-bond donors (Lipinski definition) is 2. The minimum atomic E-state index is -0.333. The molecule has 0 bridgehead atoms. The number of aromatic nitrogens is 1. The molecule has 0 aliphatic heterocycles. The van der Waals surface area contributed by atoms with Crippen LogP contribution in [0.3, 0.4) is 0 Å². The molecule has 1 heterocycles. The fourth-order valence-corrected chi connectivity index (χ4v) is 2.95. The van der Waals surface area contributed by atoms with Crippen molar-refractivity contribution < 1.29 is 4.39 Å². The van der Waals surface area contributed by atoms with Crippen LogP contribution in [0.25, 0.3) is 0 Å². The molecule has 2 N–H and O–H groups in total. The van der Waals surface area contributed by atoms with E-state index in [2.05, 4.69) is 34.5 Å². The smallest absolute Gasteiger partial charge is 0.191 e. The van der Waals surface area contributed by atoms with E-state index in [1.807, 2.05) is 25.1 Å². The first-order valence-electron chi connectivity index (χ1n) is 8.14. The maximum absolute atomic E-state index is 13.3. The highest BCUT2D eigenvalue weighted by Crippen LogP contribution is 2.29. The molecule has 0 saturated carbocycles. The Kier molecular flexibility index (Phi) is 6.37. The van der Waals surface area contributed by atoms with Crippen molar-refractivity contribution >= 4 is 17.6 Å². The Morgan fingerprint density at radius 2 is 2.00 bits per heavy atom. The summed E-state index contributed by atoms with van der Waals surface area (Å²) in [6.07, 6.45) is 0. The van der Waals surface area contributed by atoms with Gasteiger partial charge in [0.05, 0.1) is 12.2 Å². The molecule has 0 amide bonds. The zero-order valence-electron chi connectivity index (χ0n) is 15.0. The van der Waals surface area contributed by atoms with Gasteiger partial charge in [0.15, 0.2) is 5.96 Å². The molecule has 0 atom stereocenters. The average Bonchev–Trinajstić information content (AvgIpc) is 2.54. The van der Waals surface area contributed by atoms with Gasteiger partial charge >= 0.3 is 0 Å². The number of nitrogens with zero attached hydrogens (tertiary/aromatic N) is 2. The molecule has 6 heteroatoms. The largest absolute Gasteiger partial charge is 0.356 e. The monoisotopic (exact) mass is 362 g/mol. The van der Waals surface area contributed by atoms with Crippen LogP contribution in [-0.2, 0) is 12.0 Å². The van der Waals surface area contributed by atoms with Crippen LogP contribution < -0.4 is 10.6 Å². The molecule has 0 unspecified atom stereocenters. The standard InChI is InChI=1S/C19H24ClFN4/c1-13-6-5-7-15(25-13)11-23-18(22-4)24-12-19(2,3)16-9-8-14(21)10-17(16)20/h5-10H,11-12H2,1-4H3,(H2,22,23,24). The zero-order chi connectivity index (χ0) is 18.4. The SMILES string of the molecule is CN=C(NCc1cccc(C)n1)NCC(C)(C)c1ccc(F)cc1Cl. The van der Waals surface area contributed by atoms with Crippen LogP contribution in [0.2, 0.25) is 5.02 Å². The van der Waals surface area contributed by atoms with Gasteiger partial charge in [0.1, 0.15) is 5.82 Å². The molecular weight excluding hydrogens is 339 g/mol. The number of halogens is 2. The van der Waals surface area contributed by atoms with E-state index in [4.69, 9.17) is 11.6 Å². The molecule has 134 valence electrons. The molecule has 1 aromatic heterocycles. The van der Waals surface area contributed by atoms with Gasteiger partial charge in [-0.05, 0) is 36.8 Å². The second-order valence-corrected chi connectivity index (χ2v) is 6.96. The summed E-state index contributed by atoms with van der Waals surface area (Å²) in [4.78, 5) is 8.69. The Morgan fingerprint density at radius 3 is 2.64 bits per heavy atom. The number of nitrogens with one attached hydrogen (secondary N) is 2. The van der Waals surface area contributed by atoms with Crippen molar-refractivity contribution in [2.45, 2.75) is 32.7 Å². The summed E-state index contributed by atoms with van der Waals surface area (Å²) in [5.41, 5.74) is 2.53. The van der Waals surface area contributed by atoms with Gasteiger partial charge in [-0.2, -0.15) is 0 Å². The van der Waals surface area contributed by atoms with Crippen molar-refractivity contribution in [2.75, 3.05) is 13.6 Å². The average molecular weight is 363 g/mol. The first kappa shape index (κ1) is 19.2. The number of rotatable bonds is 5. The molecule has 4 nitrogen and oxygen atoms in total. The summed E-state index contributed by atoms with van der Waals surface area (Å²) in [6, 6.07) is 10.4. The molecule has 2 aromatic rings. The fourth-order valence-electron chi connectivity index (χ4n) is 2.53. The van der Waals surface area contributed by atoms with Gasteiger partial charge < -0.3 is 10.6 Å². The van der Waals surface area contributed by atoms with Crippen LogP contribution in [0.5, 0.6) is 0 Å². The molecule has 25 heavy (non-hydrogen) atoms. The second kappa shape index (κ2) is 8.30. The Balaban J connectivity index is 1.97. The maximum atomic E-state index is 13.3. The highest BCUT2D eigenvalue weighted by Gasteiger charge is 2.24. The highest BCUT2D eigenvalue weighted by molar-refractivity contribution is 6.31. The van der Waals surface area contributed by atoms with Crippen molar-refractivity contribution in [1.82, 2.24) is 15.6 Å². The van der Waals surface area contributed by atoms with E-state index in [-0.39, 0.29) is 11.2 Å². The van der Waals surface area contributed by atoms with E-state index in [1.165, 1.54) is 12.1 Å². The van der Waals surface area contributed by atoms with E-state index >= 15 is 0 Å². The maximum Gasteiger partial charge on any atom is 0.191 e. The van der Waals surface area contributed by atoms with Gasteiger partial charge in [-0.1, -0.05) is 37.6 Å². The van der Waals surface area contributed by atoms with Gasteiger partial charge in [0.2, 0.25) is 0 Å². The van der Waals surface area contributed by atoms with Crippen molar-refractivity contribution in [1.29, 1.82) is 0 Å². The van der Waals surface area contributed by atoms with Gasteiger partial charge in [0.25, 0.3) is 0 Å². The number of aryl methyl sites for hydroxylation is 1. The lowest BCUT2D eigenvalue weighted by Crippen LogP contribution is -2.43. The Hall–Kier alpha value is -2.14. The lowest BCUT2D eigenvalue weighted by molar-refractivity contribution is 0.507. The predicted molar refractivity (Wildman–Crippen MR) is 102 cm³/mol. The quantitative estimate of drug-likeness (QED) is 0.628. The minimum absolute atomic E-state index is 0.288. The Morgan fingerprint density at radius 1 is 1.24 bits per heavy atom. The lowest BCUT2D eigenvalue weighted by atomic mass is 9.84. The van der Waals surface area contributed by atoms with Gasteiger partial charge in [0, 0.05) is 29.7 Å².